The SMILES string of the molecule is CCC(C)(CCN)NC(C)=O. The van der Waals surface area contributed by atoms with Crippen molar-refractivity contribution in [3.8, 4) is 0 Å². The van der Waals surface area contributed by atoms with Crippen LogP contribution in [-0.2, 0) is 4.79 Å². The minimum Gasteiger partial charge on any atom is -0.351 e. The van der Waals surface area contributed by atoms with Gasteiger partial charge in [0.1, 0.15) is 0 Å². The Morgan fingerprint density at radius 2 is 2.18 bits per heavy atom. The van der Waals surface area contributed by atoms with Crippen LogP contribution in [0.25, 0.3) is 0 Å². The van der Waals surface area contributed by atoms with Gasteiger partial charge in [0.25, 0.3) is 0 Å². The van der Waals surface area contributed by atoms with E-state index in [9.17, 15) is 4.79 Å². The maximum Gasteiger partial charge on any atom is 0.217 e. The van der Waals surface area contributed by atoms with Gasteiger partial charge in [-0.3, -0.25) is 4.79 Å². The van der Waals surface area contributed by atoms with Crippen molar-refractivity contribution in [2.24, 2.45) is 5.73 Å². The van der Waals surface area contributed by atoms with Crippen molar-refractivity contribution in [2.45, 2.75) is 39.2 Å². The van der Waals surface area contributed by atoms with Crippen LogP contribution in [-0.4, -0.2) is 18.0 Å². The van der Waals surface area contributed by atoms with Gasteiger partial charge in [0.05, 0.1) is 0 Å². The van der Waals surface area contributed by atoms with Gasteiger partial charge in [-0.1, -0.05) is 6.92 Å². The van der Waals surface area contributed by atoms with Gasteiger partial charge in [0, 0.05) is 12.5 Å². The summed E-state index contributed by atoms with van der Waals surface area (Å²) in [5.41, 5.74) is 5.30. The number of carbonyl (C=O) groups excluding carboxylic acids is 1. The molecular weight excluding hydrogens is 140 g/mol. The summed E-state index contributed by atoms with van der Waals surface area (Å²) in [6.45, 7) is 6.21. The Balaban J connectivity index is 3.98. The molecule has 0 saturated heterocycles. The van der Waals surface area contributed by atoms with Gasteiger partial charge in [-0.2, -0.15) is 0 Å². The highest BCUT2D eigenvalue weighted by atomic mass is 16.1. The smallest absolute Gasteiger partial charge is 0.217 e. The molecule has 66 valence electrons. The molecular formula is C8H18N2O. The molecule has 1 unspecified atom stereocenters. The first-order chi connectivity index (χ1) is 5.04. The second-order valence-corrected chi connectivity index (χ2v) is 3.13. The van der Waals surface area contributed by atoms with Crippen LogP contribution in [0.5, 0.6) is 0 Å². The fourth-order valence-electron chi connectivity index (χ4n) is 1.07. The van der Waals surface area contributed by atoms with Crippen LogP contribution < -0.4 is 11.1 Å². The average molecular weight is 158 g/mol. The molecule has 0 heterocycles. The second-order valence-electron chi connectivity index (χ2n) is 3.13. The zero-order chi connectivity index (χ0) is 8.91. The Bertz CT molecular complexity index is 136. The number of amides is 1. The third-order valence-corrected chi connectivity index (χ3v) is 1.95. The molecule has 0 aliphatic rings. The summed E-state index contributed by atoms with van der Waals surface area (Å²) in [5, 5.41) is 2.89. The Kier molecular flexibility index (Phi) is 4.11. The fourth-order valence-corrected chi connectivity index (χ4v) is 1.07. The predicted molar refractivity (Wildman–Crippen MR) is 46.2 cm³/mol. The third-order valence-electron chi connectivity index (χ3n) is 1.95. The molecule has 0 aliphatic carbocycles. The molecule has 0 aromatic heterocycles. The van der Waals surface area contributed by atoms with Gasteiger partial charge in [-0.25, -0.2) is 0 Å². The van der Waals surface area contributed by atoms with Crippen LogP contribution in [0.4, 0.5) is 0 Å². The van der Waals surface area contributed by atoms with Gasteiger partial charge in [0.2, 0.25) is 5.91 Å². The monoisotopic (exact) mass is 158 g/mol. The van der Waals surface area contributed by atoms with E-state index in [0.717, 1.165) is 12.8 Å². The highest BCUT2D eigenvalue weighted by Crippen LogP contribution is 2.12. The Labute approximate surface area is 68.3 Å². The number of carbonyl (C=O) groups is 1. The molecule has 1 atom stereocenters. The minimum absolute atomic E-state index is 0.0165. The van der Waals surface area contributed by atoms with E-state index in [1.807, 2.05) is 13.8 Å². The zero-order valence-corrected chi connectivity index (χ0v) is 7.61. The van der Waals surface area contributed by atoms with E-state index in [0.29, 0.717) is 6.54 Å². The predicted octanol–water partition coefficient (Wildman–Crippen LogP) is 0.640. The summed E-state index contributed by atoms with van der Waals surface area (Å²) in [4.78, 5) is 10.7. The third kappa shape index (κ3) is 3.98. The van der Waals surface area contributed by atoms with Gasteiger partial charge in [-0.15, -0.1) is 0 Å². The van der Waals surface area contributed by atoms with E-state index in [-0.39, 0.29) is 11.4 Å². The lowest BCUT2D eigenvalue weighted by Gasteiger charge is -2.28. The standard InChI is InChI=1S/C8H18N2O/c1-4-8(3,5-6-9)10-7(2)11/h4-6,9H2,1-3H3,(H,10,11). The lowest BCUT2D eigenvalue weighted by Crippen LogP contribution is -2.45. The fraction of sp³-hybridized carbons (Fsp3) is 0.875. The summed E-state index contributed by atoms with van der Waals surface area (Å²) < 4.78 is 0. The molecule has 0 aromatic carbocycles. The van der Waals surface area contributed by atoms with Crippen molar-refractivity contribution in [2.75, 3.05) is 6.54 Å². The Hall–Kier alpha value is -0.570. The minimum atomic E-state index is -0.111. The van der Waals surface area contributed by atoms with E-state index in [1.54, 1.807) is 0 Å². The molecule has 0 bridgehead atoms. The van der Waals surface area contributed by atoms with Gasteiger partial charge in [0.15, 0.2) is 0 Å². The number of hydrogen-bond donors (Lipinski definition) is 2. The molecule has 0 radical (unpaired) electrons. The topological polar surface area (TPSA) is 55.1 Å². The van der Waals surface area contributed by atoms with Crippen LogP contribution in [0.1, 0.15) is 33.6 Å². The van der Waals surface area contributed by atoms with Crippen LogP contribution in [0.2, 0.25) is 0 Å². The summed E-state index contributed by atoms with van der Waals surface area (Å²) >= 11 is 0. The summed E-state index contributed by atoms with van der Waals surface area (Å²) in [7, 11) is 0. The average Bonchev–Trinajstić information content (AvgIpc) is 1.87. The number of hydrogen-bond acceptors (Lipinski definition) is 2. The Morgan fingerprint density at radius 3 is 2.45 bits per heavy atom. The first-order valence-electron chi connectivity index (χ1n) is 4.03. The highest BCUT2D eigenvalue weighted by Gasteiger charge is 2.20. The molecule has 0 aliphatic heterocycles. The number of rotatable bonds is 4. The van der Waals surface area contributed by atoms with Gasteiger partial charge in [-0.05, 0) is 26.3 Å². The van der Waals surface area contributed by atoms with Crippen LogP contribution in [0.15, 0.2) is 0 Å². The molecule has 3 heteroatoms. The van der Waals surface area contributed by atoms with Crippen molar-refractivity contribution >= 4 is 5.91 Å². The van der Waals surface area contributed by atoms with Crippen molar-refractivity contribution in [3.05, 3.63) is 0 Å². The molecule has 0 saturated carbocycles. The number of nitrogens with one attached hydrogen (secondary N) is 1. The Morgan fingerprint density at radius 1 is 1.64 bits per heavy atom. The first kappa shape index (κ1) is 10.4. The summed E-state index contributed by atoms with van der Waals surface area (Å²) in [5.74, 6) is 0.0165. The lowest BCUT2D eigenvalue weighted by atomic mass is 9.94. The quantitative estimate of drug-likeness (QED) is 0.631. The molecule has 0 rings (SSSR count). The molecule has 0 aromatic rings. The van der Waals surface area contributed by atoms with E-state index >= 15 is 0 Å². The van der Waals surface area contributed by atoms with E-state index in [2.05, 4.69) is 5.32 Å². The maximum atomic E-state index is 10.7. The number of nitrogens with two attached hydrogens (primary N) is 1. The normalized spacial score (nSPS) is 15.6. The van der Waals surface area contributed by atoms with Crippen molar-refractivity contribution < 1.29 is 4.79 Å². The van der Waals surface area contributed by atoms with Crippen molar-refractivity contribution in [1.82, 2.24) is 5.32 Å². The molecule has 0 fully saturated rings. The molecule has 3 nitrogen and oxygen atoms in total. The first-order valence-corrected chi connectivity index (χ1v) is 4.03. The molecule has 0 spiro atoms. The summed E-state index contributed by atoms with van der Waals surface area (Å²) in [6, 6.07) is 0. The lowest BCUT2D eigenvalue weighted by molar-refractivity contribution is -0.120. The largest absolute Gasteiger partial charge is 0.351 e. The molecule has 1 amide bonds. The van der Waals surface area contributed by atoms with Crippen LogP contribution in [0, 0.1) is 0 Å². The summed E-state index contributed by atoms with van der Waals surface area (Å²) in [6.07, 6.45) is 1.76. The van der Waals surface area contributed by atoms with Crippen molar-refractivity contribution in [3.63, 3.8) is 0 Å². The zero-order valence-electron chi connectivity index (χ0n) is 7.61. The molecule has 3 N–H and O–H groups in total. The highest BCUT2D eigenvalue weighted by molar-refractivity contribution is 5.73. The van der Waals surface area contributed by atoms with Gasteiger partial charge >= 0.3 is 0 Å². The van der Waals surface area contributed by atoms with Gasteiger partial charge < -0.3 is 11.1 Å². The van der Waals surface area contributed by atoms with Crippen LogP contribution >= 0.6 is 0 Å². The van der Waals surface area contributed by atoms with E-state index in [4.69, 9.17) is 5.73 Å². The van der Waals surface area contributed by atoms with Crippen LogP contribution in [0.3, 0.4) is 0 Å². The second kappa shape index (κ2) is 4.34. The van der Waals surface area contributed by atoms with E-state index < -0.39 is 0 Å². The molecule has 11 heavy (non-hydrogen) atoms. The van der Waals surface area contributed by atoms with E-state index in [1.165, 1.54) is 6.92 Å². The maximum absolute atomic E-state index is 10.7. The van der Waals surface area contributed by atoms with Crippen molar-refractivity contribution in [1.29, 1.82) is 0 Å².